The van der Waals surface area contributed by atoms with E-state index in [1.807, 2.05) is 12.1 Å². The van der Waals surface area contributed by atoms with Crippen molar-refractivity contribution in [1.29, 1.82) is 0 Å². The van der Waals surface area contributed by atoms with Crippen molar-refractivity contribution in [2.45, 2.75) is 38.6 Å². The molecular formula is C16H19ClN4. The highest BCUT2D eigenvalue weighted by atomic mass is 35.5. The number of nitrogens with zero attached hydrogens (tertiary/aromatic N) is 3. The standard InChI is InChI=1S/C16H19ClN4/c1-11-2-4-13(5-3-11)20-15-14(10-19-16(17)21-15)12-6-8-18-9-7-12/h6-11,13H,2-5H2,1H3,(H,19,20,21). The van der Waals surface area contributed by atoms with E-state index in [1.54, 1.807) is 18.6 Å². The van der Waals surface area contributed by atoms with Crippen LogP contribution in [0.2, 0.25) is 5.28 Å². The molecule has 1 fully saturated rings. The van der Waals surface area contributed by atoms with Gasteiger partial charge in [-0.3, -0.25) is 4.98 Å². The van der Waals surface area contributed by atoms with Gasteiger partial charge >= 0.3 is 0 Å². The fraction of sp³-hybridized carbons (Fsp3) is 0.438. The van der Waals surface area contributed by atoms with E-state index in [0.717, 1.165) is 22.9 Å². The fourth-order valence-corrected chi connectivity index (χ4v) is 2.94. The molecule has 0 radical (unpaired) electrons. The first-order valence-corrected chi connectivity index (χ1v) is 7.79. The highest BCUT2D eigenvalue weighted by Crippen LogP contribution is 2.30. The quantitative estimate of drug-likeness (QED) is 0.864. The predicted octanol–water partition coefficient (Wildman–Crippen LogP) is 4.18. The molecule has 2 aromatic rings. The van der Waals surface area contributed by atoms with E-state index in [9.17, 15) is 0 Å². The van der Waals surface area contributed by atoms with Crippen LogP contribution in [0.25, 0.3) is 11.1 Å². The highest BCUT2D eigenvalue weighted by molar-refractivity contribution is 6.28. The second-order valence-corrected chi connectivity index (χ2v) is 6.08. The van der Waals surface area contributed by atoms with Gasteiger partial charge in [-0.1, -0.05) is 6.92 Å². The van der Waals surface area contributed by atoms with E-state index in [1.165, 1.54) is 25.7 Å². The molecule has 0 aliphatic heterocycles. The van der Waals surface area contributed by atoms with E-state index in [2.05, 4.69) is 27.2 Å². The number of halogens is 1. The summed E-state index contributed by atoms with van der Waals surface area (Å²) in [5.41, 5.74) is 2.02. The summed E-state index contributed by atoms with van der Waals surface area (Å²) in [6.07, 6.45) is 10.2. The van der Waals surface area contributed by atoms with E-state index in [0.29, 0.717) is 6.04 Å². The predicted molar refractivity (Wildman–Crippen MR) is 85.3 cm³/mol. The van der Waals surface area contributed by atoms with Crippen LogP contribution in [0.4, 0.5) is 5.82 Å². The average Bonchev–Trinajstić information content (AvgIpc) is 2.51. The van der Waals surface area contributed by atoms with Gasteiger partial charge in [0.15, 0.2) is 0 Å². The Morgan fingerprint density at radius 3 is 2.57 bits per heavy atom. The van der Waals surface area contributed by atoms with Gasteiger partial charge in [0.1, 0.15) is 5.82 Å². The summed E-state index contributed by atoms with van der Waals surface area (Å²) >= 11 is 5.97. The van der Waals surface area contributed by atoms with Gasteiger partial charge in [0, 0.05) is 30.2 Å². The Labute approximate surface area is 130 Å². The first-order valence-electron chi connectivity index (χ1n) is 7.42. The van der Waals surface area contributed by atoms with Crippen molar-refractivity contribution < 1.29 is 0 Å². The Bertz CT molecular complexity index is 594. The Morgan fingerprint density at radius 1 is 1.14 bits per heavy atom. The summed E-state index contributed by atoms with van der Waals surface area (Å²) in [6, 6.07) is 4.38. The summed E-state index contributed by atoms with van der Waals surface area (Å²) in [5.74, 6) is 1.65. The van der Waals surface area contributed by atoms with Crippen molar-refractivity contribution in [3.63, 3.8) is 0 Å². The van der Waals surface area contributed by atoms with Crippen molar-refractivity contribution in [3.8, 4) is 11.1 Å². The molecule has 0 saturated heterocycles. The van der Waals surface area contributed by atoms with Crippen LogP contribution in [0.5, 0.6) is 0 Å². The maximum Gasteiger partial charge on any atom is 0.224 e. The molecule has 2 aromatic heterocycles. The molecule has 1 N–H and O–H groups in total. The molecule has 0 amide bonds. The van der Waals surface area contributed by atoms with Gasteiger partial charge in [-0.15, -0.1) is 0 Å². The zero-order valence-corrected chi connectivity index (χ0v) is 12.8. The van der Waals surface area contributed by atoms with Crippen molar-refractivity contribution in [1.82, 2.24) is 15.0 Å². The van der Waals surface area contributed by atoms with Crippen LogP contribution in [0.3, 0.4) is 0 Å². The fourth-order valence-electron chi connectivity index (χ4n) is 2.81. The normalized spacial score (nSPS) is 22.0. The first-order chi connectivity index (χ1) is 10.2. The zero-order chi connectivity index (χ0) is 14.7. The SMILES string of the molecule is CC1CCC(Nc2nc(Cl)ncc2-c2ccncc2)CC1. The molecule has 3 rings (SSSR count). The van der Waals surface area contributed by atoms with E-state index in [-0.39, 0.29) is 5.28 Å². The molecule has 2 heterocycles. The molecule has 0 spiro atoms. The summed E-state index contributed by atoms with van der Waals surface area (Å²) in [4.78, 5) is 12.6. The third-order valence-corrected chi connectivity index (χ3v) is 4.29. The summed E-state index contributed by atoms with van der Waals surface area (Å²) in [7, 11) is 0. The second kappa shape index (κ2) is 6.39. The molecule has 0 atom stereocenters. The molecule has 0 aromatic carbocycles. The molecule has 5 heteroatoms. The molecule has 0 bridgehead atoms. The molecule has 1 aliphatic rings. The van der Waals surface area contributed by atoms with Gasteiger partial charge in [-0.25, -0.2) is 9.97 Å². The Hall–Kier alpha value is -1.68. The van der Waals surface area contributed by atoms with E-state index >= 15 is 0 Å². The lowest BCUT2D eigenvalue weighted by molar-refractivity contribution is 0.361. The Morgan fingerprint density at radius 2 is 1.86 bits per heavy atom. The number of hydrogen-bond donors (Lipinski definition) is 1. The lowest BCUT2D eigenvalue weighted by Gasteiger charge is -2.28. The molecule has 1 saturated carbocycles. The monoisotopic (exact) mass is 302 g/mol. The summed E-state index contributed by atoms with van der Waals surface area (Å²) < 4.78 is 0. The average molecular weight is 303 g/mol. The zero-order valence-electron chi connectivity index (χ0n) is 12.1. The van der Waals surface area contributed by atoms with Gasteiger partial charge in [0.05, 0.1) is 0 Å². The van der Waals surface area contributed by atoms with Gasteiger partial charge < -0.3 is 5.32 Å². The van der Waals surface area contributed by atoms with Crippen molar-refractivity contribution in [3.05, 3.63) is 36.0 Å². The van der Waals surface area contributed by atoms with Crippen molar-refractivity contribution in [2.75, 3.05) is 5.32 Å². The number of anilines is 1. The minimum atomic E-state index is 0.277. The second-order valence-electron chi connectivity index (χ2n) is 5.74. The van der Waals surface area contributed by atoms with E-state index < -0.39 is 0 Å². The lowest BCUT2D eigenvalue weighted by Crippen LogP contribution is -2.26. The molecule has 0 unspecified atom stereocenters. The number of hydrogen-bond acceptors (Lipinski definition) is 4. The summed E-state index contributed by atoms with van der Waals surface area (Å²) in [5, 5.41) is 3.83. The summed E-state index contributed by atoms with van der Waals surface area (Å²) in [6.45, 7) is 2.32. The van der Waals surface area contributed by atoms with Crippen LogP contribution in [-0.2, 0) is 0 Å². The molecular weight excluding hydrogens is 284 g/mol. The maximum absolute atomic E-state index is 5.97. The molecule has 21 heavy (non-hydrogen) atoms. The largest absolute Gasteiger partial charge is 0.367 e. The third-order valence-electron chi connectivity index (χ3n) is 4.11. The van der Waals surface area contributed by atoms with Crippen LogP contribution in [-0.4, -0.2) is 21.0 Å². The topological polar surface area (TPSA) is 50.7 Å². The van der Waals surface area contributed by atoms with Crippen molar-refractivity contribution >= 4 is 17.4 Å². The van der Waals surface area contributed by atoms with Crippen molar-refractivity contribution in [2.24, 2.45) is 5.92 Å². The van der Waals surface area contributed by atoms with Crippen LogP contribution < -0.4 is 5.32 Å². The Balaban J connectivity index is 1.85. The van der Waals surface area contributed by atoms with Crippen LogP contribution in [0.15, 0.2) is 30.7 Å². The van der Waals surface area contributed by atoms with Crippen LogP contribution >= 0.6 is 11.6 Å². The van der Waals surface area contributed by atoms with E-state index in [4.69, 9.17) is 11.6 Å². The Kier molecular flexibility index (Phi) is 4.34. The number of nitrogens with one attached hydrogen (secondary N) is 1. The first kappa shape index (κ1) is 14.3. The minimum Gasteiger partial charge on any atom is -0.367 e. The smallest absolute Gasteiger partial charge is 0.224 e. The third kappa shape index (κ3) is 3.50. The molecule has 110 valence electrons. The molecule has 4 nitrogen and oxygen atoms in total. The van der Waals surface area contributed by atoms with Gasteiger partial charge in [0.2, 0.25) is 5.28 Å². The highest BCUT2D eigenvalue weighted by Gasteiger charge is 2.20. The maximum atomic E-state index is 5.97. The van der Waals surface area contributed by atoms with Crippen LogP contribution in [0.1, 0.15) is 32.6 Å². The minimum absolute atomic E-state index is 0.277. The van der Waals surface area contributed by atoms with Gasteiger partial charge in [-0.05, 0) is 60.9 Å². The lowest BCUT2D eigenvalue weighted by atomic mass is 9.87. The molecule has 1 aliphatic carbocycles. The number of pyridine rings is 1. The number of aromatic nitrogens is 3. The van der Waals surface area contributed by atoms with Gasteiger partial charge in [0.25, 0.3) is 0 Å². The van der Waals surface area contributed by atoms with Gasteiger partial charge in [-0.2, -0.15) is 0 Å². The number of rotatable bonds is 3. The van der Waals surface area contributed by atoms with Crippen LogP contribution in [0, 0.1) is 5.92 Å².